The third-order valence-electron chi connectivity index (χ3n) is 2.91. The van der Waals surface area contributed by atoms with Crippen LogP contribution < -0.4 is 0 Å². The van der Waals surface area contributed by atoms with Crippen LogP contribution in [0.3, 0.4) is 0 Å². The molecule has 4 heteroatoms. The van der Waals surface area contributed by atoms with Crippen molar-refractivity contribution in [2.75, 3.05) is 13.1 Å². The Hall–Kier alpha value is -1.42. The van der Waals surface area contributed by atoms with E-state index in [4.69, 9.17) is 0 Å². The van der Waals surface area contributed by atoms with Gasteiger partial charge in [0.05, 0.1) is 12.0 Å². The lowest BCUT2D eigenvalue weighted by molar-refractivity contribution is -0.130. The lowest BCUT2D eigenvalue weighted by atomic mass is 10.1. The molecule has 86 valence electrons. The highest BCUT2D eigenvalue weighted by Crippen LogP contribution is 2.20. The summed E-state index contributed by atoms with van der Waals surface area (Å²) in [7, 11) is 0. The van der Waals surface area contributed by atoms with Crippen LogP contribution in [0.25, 0.3) is 0 Å². The highest BCUT2D eigenvalue weighted by atomic mass is 16.3. The minimum Gasteiger partial charge on any atom is -0.388 e. The van der Waals surface area contributed by atoms with Gasteiger partial charge in [-0.3, -0.25) is 9.78 Å². The van der Waals surface area contributed by atoms with E-state index in [1.54, 1.807) is 24.2 Å². The van der Waals surface area contributed by atoms with Crippen LogP contribution in [0.4, 0.5) is 0 Å². The molecule has 0 aromatic carbocycles. The Kier molecular flexibility index (Phi) is 2.92. The molecule has 2 rings (SSSR count). The lowest BCUT2D eigenvalue weighted by Gasteiger charge is -2.18. The standard InChI is InChI=1S/C12H16N2O2/c1-12(16)4-7-14(9-12)11(15)8-10-2-5-13-6-3-10/h2-3,5-6,16H,4,7-9H2,1H3. The van der Waals surface area contributed by atoms with Gasteiger partial charge in [0.2, 0.25) is 5.91 Å². The zero-order valence-corrected chi connectivity index (χ0v) is 9.39. The topological polar surface area (TPSA) is 53.4 Å². The van der Waals surface area contributed by atoms with Crippen molar-refractivity contribution < 1.29 is 9.90 Å². The van der Waals surface area contributed by atoms with E-state index >= 15 is 0 Å². The molecule has 1 atom stereocenters. The van der Waals surface area contributed by atoms with Gasteiger partial charge >= 0.3 is 0 Å². The van der Waals surface area contributed by atoms with Crippen molar-refractivity contribution in [2.24, 2.45) is 0 Å². The van der Waals surface area contributed by atoms with Gasteiger partial charge in [-0.25, -0.2) is 0 Å². The summed E-state index contributed by atoms with van der Waals surface area (Å²) in [6.45, 7) is 2.86. The van der Waals surface area contributed by atoms with E-state index in [9.17, 15) is 9.90 Å². The Morgan fingerprint density at radius 2 is 2.25 bits per heavy atom. The van der Waals surface area contributed by atoms with Gasteiger partial charge in [0, 0.05) is 25.5 Å². The molecule has 1 amide bonds. The first-order valence-corrected chi connectivity index (χ1v) is 5.46. The first kappa shape index (κ1) is 11.1. The fourth-order valence-corrected chi connectivity index (χ4v) is 1.95. The molecule has 16 heavy (non-hydrogen) atoms. The maximum Gasteiger partial charge on any atom is 0.227 e. The molecule has 1 fully saturated rings. The first-order valence-electron chi connectivity index (χ1n) is 5.46. The van der Waals surface area contributed by atoms with Gasteiger partial charge in [-0.1, -0.05) is 0 Å². The Balaban J connectivity index is 1.95. The molecule has 1 aromatic heterocycles. The predicted octanol–water partition coefficient (Wildman–Crippen LogP) is 0.607. The van der Waals surface area contributed by atoms with Crippen molar-refractivity contribution in [1.29, 1.82) is 0 Å². The second kappa shape index (κ2) is 4.22. The van der Waals surface area contributed by atoms with E-state index in [1.807, 2.05) is 12.1 Å². The van der Waals surface area contributed by atoms with E-state index in [0.717, 1.165) is 5.56 Å². The number of hydrogen-bond donors (Lipinski definition) is 1. The Morgan fingerprint density at radius 1 is 1.56 bits per heavy atom. The van der Waals surface area contributed by atoms with E-state index in [2.05, 4.69) is 4.98 Å². The Labute approximate surface area is 94.9 Å². The molecule has 1 aliphatic rings. The Morgan fingerprint density at radius 3 is 2.81 bits per heavy atom. The molecule has 1 aliphatic heterocycles. The van der Waals surface area contributed by atoms with Crippen molar-refractivity contribution in [3.8, 4) is 0 Å². The third kappa shape index (κ3) is 2.58. The maximum absolute atomic E-state index is 11.9. The summed E-state index contributed by atoms with van der Waals surface area (Å²) < 4.78 is 0. The summed E-state index contributed by atoms with van der Waals surface area (Å²) in [6, 6.07) is 3.68. The van der Waals surface area contributed by atoms with Gasteiger partial charge in [0.25, 0.3) is 0 Å². The summed E-state index contributed by atoms with van der Waals surface area (Å²) in [4.78, 5) is 17.5. The molecule has 1 aromatic rings. The summed E-state index contributed by atoms with van der Waals surface area (Å²) in [6.07, 6.45) is 4.42. The molecule has 4 nitrogen and oxygen atoms in total. The number of carbonyl (C=O) groups is 1. The van der Waals surface area contributed by atoms with Crippen LogP contribution >= 0.6 is 0 Å². The van der Waals surface area contributed by atoms with Crippen molar-refractivity contribution in [2.45, 2.75) is 25.4 Å². The number of rotatable bonds is 2. The fourth-order valence-electron chi connectivity index (χ4n) is 1.95. The summed E-state index contributed by atoms with van der Waals surface area (Å²) in [5.41, 5.74) is 0.250. The number of β-amino-alcohol motifs (C(OH)–C–C–N with tert-alkyl or cyclic N) is 1. The minimum absolute atomic E-state index is 0.0731. The average molecular weight is 220 g/mol. The number of carbonyl (C=O) groups excluding carboxylic acids is 1. The number of hydrogen-bond acceptors (Lipinski definition) is 3. The predicted molar refractivity (Wildman–Crippen MR) is 59.8 cm³/mol. The molecule has 2 heterocycles. The smallest absolute Gasteiger partial charge is 0.227 e. The van der Waals surface area contributed by atoms with Gasteiger partial charge in [0.1, 0.15) is 0 Å². The first-order chi connectivity index (χ1) is 7.57. The third-order valence-corrected chi connectivity index (χ3v) is 2.91. The number of aliphatic hydroxyl groups is 1. The quantitative estimate of drug-likeness (QED) is 0.794. The van der Waals surface area contributed by atoms with Crippen molar-refractivity contribution in [3.63, 3.8) is 0 Å². The van der Waals surface area contributed by atoms with Crippen LogP contribution in [-0.2, 0) is 11.2 Å². The van der Waals surface area contributed by atoms with Crippen molar-refractivity contribution >= 4 is 5.91 Å². The van der Waals surface area contributed by atoms with Gasteiger partial charge < -0.3 is 10.0 Å². The molecule has 0 aliphatic carbocycles. The van der Waals surface area contributed by atoms with E-state index in [-0.39, 0.29) is 5.91 Å². The van der Waals surface area contributed by atoms with Crippen LogP contribution in [0.15, 0.2) is 24.5 Å². The van der Waals surface area contributed by atoms with Crippen molar-refractivity contribution in [1.82, 2.24) is 9.88 Å². The fraction of sp³-hybridized carbons (Fsp3) is 0.500. The highest BCUT2D eigenvalue weighted by Gasteiger charge is 2.33. The van der Waals surface area contributed by atoms with E-state index in [1.165, 1.54) is 0 Å². The lowest BCUT2D eigenvalue weighted by Crippen LogP contribution is -2.34. The number of amides is 1. The average Bonchev–Trinajstić information content (AvgIpc) is 2.60. The van der Waals surface area contributed by atoms with E-state index < -0.39 is 5.60 Å². The van der Waals surface area contributed by atoms with E-state index in [0.29, 0.717) is 25.9 Å². The van der Waals surface area contributed by atoms with Gasteiger partial charge in [0.15, 0.2) is 0 Å². The summed E-state index contributed by atoms with van der Waals surface area (Å²) in [5.74, 6) is 0.0731. The van der Waals surface area contributed by atoms with Crippen LogP contribution in [0.2, 0.25) is 0 Å². The minimum atomic E-state index is -0.714. The van der Waals surface area contributed by atoms with Gasteiger partial charge in [-0.15, -0.1) is 0 Å². The normalized spacial score (nSPS) is 24.8. The monoisotopic (exact) mass is 220 g/mol. The molecule has 0 bridgehead atoms. The number of likely N-dealkylation sites (tertiary alicyclic amines) is 1. The van der Waals surface area contributed by atoms with Crippen LogP contribution in [-0.4, -0.2) is 39.6 Å². The zero-order valence-electron chi connectivity index (χ0n) is 9.39. The molecule has 0 spiro atoms. The summed E-state index contributed by atoms with van der Waals surface area (Å²) in [5, 5.41) is 9.78. The number of pyridine rings is 1. The van der Waals surface area contributed by atoms with Crippen LogP contribution in [0.1, 0.15) is 18.9 Å². The highest BCUT2D eigenvalue weighted by molar-refractivity contribution is 5.79. The molecular formula is C12H16N2O2. The largest absolute Gasteiger partial charge is 0.388 e. The molecule has 1 saturated heterocycles. The van der Waals surface area contributed by atoms with Crippen LogP contribution in [0.5, 0.6) is 0 Å². The molecule has 0 radical (unpaired) electrons. The van der Waals surface area contributed by atoms with Crippen molar-refractivity contribution in [3.05, 3.63) is 30.1 Å². The number of nitrogens with zero attached hydrogens (tertiary/aromatic N) is 2. The maximum atomic E-state index is 11.9. The second-order valence-corrected chi connectivity index (χ2v) is 4.59. The van der Waals surface area contributed by atoms with Gasteiger partial charge in [-0.05, 0) is 31.0 Å². The van der Waals surface area contributed by atoms with Crippen LogP contribution in [0, 0.1) is 0 Å². The molecule has 1 N–H and O–H groups in total. The molecule has 1 unspecified atom stereocenters. The Bertz CT molecular complexity index is 376. The van der Waals surface area contributed by atoms with Gasteiger partial charge in [-0.2, -0.15) is 0 Å². The summed E-state index contributed by atoms with van der Waals surface area (Å²) >= 11 is 0. The second-order valence-electron chi connectivity index (χ2n) is 4.59. The SMILES string of the molecule is CC1(O)CCN(C(=O)Cc2ccncc2)C1. The molecular weight excluding hydrogens is 204 g/mol. The zero-order chi connectivity index (χ0) is 11.6. The molecule has 0 saturated carbocycles. The number of aromatic nitrogens is 1.